The molecule has 0 N–H and O–H groups in total. The van der Waals surface area contributed by atoms with Crippen molar-refractivity contribution in [1.29, 1.82) is 0 Å². The van der Waals surface area contributed by atoms with Crippen LogP contribution in [0, 0.1) is 5.92 Å². The van der Waals surface area contributed by atoms with Crippen molar-refractivity contribution in [1.82, 2.24) is 14.5 Å². The molecule has 18 heavy (non-hydrogen) atoms. The minimum atomic E-state index is 0.0137. The number of hydrogen-bond donors (Lipinski definition) is 0. The Bertz CT molecular complexity index is 600. The summed E-state index contributed by atoms with van der Waals surface area (Å²) < 4.78 is 2.18. The number of halogens is 2. The van der Waals surface area contributed by atoms with E-state index in [9.17, 15) is 0 Å². The van der Waals surface area contributed by atoms with Gasteiger partial charge in [0, 0.05) is 11.7 Å². The van der Waals surface area contributed by atoms with E-state index in [4.69, 9.17) is 23.2 Å². The van der Waals surface area contributed by atoms with Gasteiger partial charge in [-0.2, -0.15) is 0 Å². The summed E-state index contributed by atoms with van der Waals surface area (Å²) in [4.78, 5) is 8.99. The first-order valence-corrected chi connectivity index (χ1v) is 7.04. The monoisotopic (exact) mass is 283 g/mol. The molecule has 96 valence electrons. The number of hydrogen-bond acceptors (Lipinski definition) is 2. The molecule has 0 atom stereocenters. The van der Waals surface area contributed by atoms with Gasteiger partial charge in [0.05, 0.1) is 10.9 Å². The molecule has 0 saturated heterocycles. The summed E-state index contributed by atoms with van der Waals surface area (Å²) in [5, 5.41) is 0.609. The molecular formula is C13H15Cl2N3. The van der Waals surface area contributed by atoms with Crippen LogP contribution in [-0.2, 0) is 11.4 Å². The van der Waals surface area contributed by atoms with Gasteiger partial charge in [-0.15, -0.1) is 11.6 Å². The first-order chi connectivity index (χ1) is 8.54. The van der Waals surface area contributed by atoms with Crippen LogP contribution in [0.15, 0.2) is 12.3 Å². The minimum Gasteiger partial charge on any atom is -0.306 e. The quantitative estimate of drug-likeness (QED) is 0.798. The summed E-state index contributed by atoms with van der Waals surface area (Å²) >= 11 is 12.0. The lowest BCUT2D eigenvalue weighted by atomic mass is 9.98. The molecular weight excluding hydrogens is 269 g/mol. The summed E-state index contributed by atoms with van der Waals surface area (Å²) in [6.45, 7) is 4.47. The Morgan fingerprint density at radius 2 is 2.17 bits per heavy atom. The van der Waals surface area contributed by atoms with Crippen LogP contribution in [0.5, 0.6) is 0 Å². The van der Waals surface area contributed by atoms with E-state index >= 15 is 0 Å². The van der Waals surface area contributed by atoms with Crippen LogP contribution in [0.2, 0.25) is 5.02 Å². The van der Waals surface area contributed by atoms with Gasteiger partial charge in [0.1, 0.15) is 11.3 Å². The molecule has 0 aliphatic heterocycles. The normalized spacial score (nSPS) is 16.4. The smallest absolute Gasteiger partial charge is 0.160 e. The topological polar surface area (TPSA) is 30.7 Å². The SMILES string of the molecule is CC(C)(C1CC1)n1c(CCl)nc2cc(Cl)cnc21. The van der Waals surface area contributed by atoms with Gasteiger partial charge in [-0.3, -0.25) is 0 Å². The summed E-state index contributed by atoms with van der Waals surface area (Å²) in [5.74, 6) is 1.96. The fourth-order valence-electron chi connectivity index (χ4n) is 2.65. The summed E-state index contributed by atoms with van der Waals surface area (Å²) in [6, 6.07) is 1.85. The lowest BCUT2D eigenvalue weighted by molar-refractivity contribution is 0.305. The second-order valence-electron chi connectivity index (χ2n) is 5.42. The van der Waals surface area contributed by atoms with Crippen molar-refractivity contribution in [2.24, 2.45) is 5.92 Å². The highest BCUT2D eigenvalue weighted by atomic mass is 35.5. The summed E-state index contributed by atoms with van der Waals surface area (Å²) in [7, 11) is 0. The van der Waals surface area contributed by atoms with Gasteiger partial charge in [0.25, 0.3) is 0 Å². The van der Waals surface area contributed by atoms with Crippen LogP contribution >= 0.6 is 23.2 Å². The Morgan fingerprint density at radius 3 is 2.78 bits per heavy atom. The van der Waals surface area contributed by atoms with Crippen LogP contribution in [0.1, 0.15) is 32.5 Å². The predicted molar refractivity (Wildman–Crippen MR) is 74.1 cm³/mol. The minimum absolute atomic E-state index is 0.0137. The Hall–Kier alpha value is -0.800. The number of rotatable bonds is 3. The molecule has 0 unspecified atom stereocenters. The van der Waals surface area contributed by atoms with Crippen LogP contribution < -0.4 is 0 Å². The number of fused-ring (bicyclic) bond motifs is 1. The summed E-state index contributed by atoms with van der Waals surface area (Å²) in [5.41, 5.74) is 1.72. The van der Waals surface area contributed by atoms with Gasteiger partial charge in [0.15, 0.2) is 5.65 Å². The van der Waals surface area contributed by atoms with E-state index in [1.165, 1.54) is 12.8 Å². The van der Waals surface area contributed by atoms with Gasteiger partial charge in [-0.05, 0) is 38.7 Å². The third-order valence-electron chi connectivity index (χ3n) is 3.81. The van der Waals surface area contributed by atoms with E-state index in [-0.39, 0.29) is 5.54 Å². The average Bonchev–Trinajstić information content (AvgIpc) is 3.10. The summed E-state index contributed by atoms with van der Waals surface area (Å²) in [6.07, 6.45) is 4.20. The van der Waals surface area contributed by atoms with E-state index < -0.39 is 0 Å². The fraction of sp³-hybridized carbons (Fsp3) is 0.538. The van der Waals surface area contributed by atoms with Crippen LogP contribution in [0.25, 0.3) is 11.2 Å². The predicted octanol–water partition coefficient (Wildman–Crippen LogP) is 3.97. The van der Waals surface area contributed by atoms with E-state index in [1.807, 2.05) is 6.07 Å². The molecule has 1 aliphatic rings. The molecule has 0 spiro atoms. The van der Waals surface area contributed by atoms with Crippen molar-refractivity contribution in [3.63, 3.8) is 0 Å². The number of imidazole rings is 1. The van der Waals surface area contributed by atoms with E-state index in [0.29, 0.717) is 16.8 Å². The standard InChI is InChI=1S/C13H15Cl2N3/c1-13(2,8-3-4-8)18-11(6-14)17-10-5-9(15)7-16-12(10)18/h5,7-8H,3-4,6H2,1-2H3. The molecule has 1 saturated carbocycles. The largest absolute Gasteiger partial charge is 0.306 e. The Kier molecular flexibility index (Phi) is 2.79. The van der Waals surface area contributed by atoms with Crippen molar-refractivity contribution < 1.29 is 0 Å². The van der Waals surface area contributed by atoms with Gasteiger partial charge in [0.2, 0.25) is 0 Å². The lowest BCUT2D eigenvalue weighted by Crippen LogP contribution is -2.30. The van der Waals surface area contributed by atoms with Gasteiger partial charge in [-0.1, -0.05) is 11.6 Å². The molecule has 1 aliphatic carbocycles. The van der Waals surface area contributed by atoms with Gasteiger partial charge >= 0.3 is 0 Å². The zero-order chi connectivity index (χ0) is 12.9. The van der Waals surface area contributed by atoms with Crippen LogP contribution in [0.4, 0.5) is 0 Å². The van der Waals surface area contributed by atoms with Crippen molar-refractivity contribution >= 4 is 34.4 Å². The maximum atomic E-state index is 6.03. The maximum Gasteiger partial charge on any atom is 0.160 e. The third-order valence-corrected chi connectivity index (χ3v) is 4.25. The van der Waals surface area contributed by atoms with E-state index in [1.54, 1.807) is 6.20 Å². The molecule has 3 nitrogen and oxygen atoms in total. The first-order valence-electron chi connectivity index (χ1n) is 6.13. The lowest BCUT2D eigenvalue weighted by Gasteiger charge is -2.28. The Morgan fingerprint density at radius 1 is 1.44 bits per heavy atom. The molecule has 0 bridgehead atoms. The molecule has 2 aromatic heterocycles. The highest BCUT2D eigenvalue weighted by Crippen LogP contribution is 2.45. The third kappa shape index (κ3) is 1.81. The zero-order valence-corrected chi connectivity index (χ0v) is 12.0. The second kappa shape index (κ2) is 4.10. The zero-order valence-electron chi connectivity index (χ0n) is 10.5. The molecule has 0 aromatic carbocycles. The molecule has 0 radical (unpaired) electrons. The van der Waals surface area contributed by atoms with Crippen molar-refractivity contribution in [2.45, 2.75) is 38.1 Å². The number of nitrogens with zero attached hydrogens (tertiary/aromatic N) is 3. The molecule has 5 heteroatoms. The van der Waals surface area contributed by atoms with Crippen LogP contribution in [0.3, 0.4) is 0 Å². The van der Waals surface area contributed by atoms with E-state index in [0.717, 1.165) is 17.0 Å². The Balaban J connectivity index is 2.25. The molecule has 2 aromatic rings. The van der Waals surface area contributed by atoms with Crippen molar-refractivity contribution in [3.8, 4) is 0 Å². The molecule has 3 rings (SSSR count). The molecule has 0 amide bonds. The first kappa shape index (κ1) is 12.2. The van der Waals surface area contributed by atoms with Crippen molar-refractivity contribution in [3.05, 3.63) is 23.1 Å². The average molecular weight is 284 g/mol. The molecule has 1 fully saturated rings. The Labute approximate surface area is 116 Å². The fourth-order valence-corrected chi connectivity index (χ4v) is 2.99. The maximum absolute atomic E-state index is 6.03. The van der Waals surface area contributed by atoms with Gasteiger partial charge < -0.3 is 4.57 Å². The van der Waals surface area contributed by atoms with Crippen molar-refractivity contribution in [2.75, 3.05) is 0 Å². The number of pyridine rings is 1. The highest BCUT2D eigenvalue weighted by molar-refractivity contribution is 6.31. The number of aromatic nitrogens is 3. The second-order valence-corrected chi connectivity index (χ2v) is 6.12. The van der Waals surface area contributed by atoms with Crippen LogP contribution in [-0.4, -0.2) is 14.5 Å². The molecule has 2 heterocycles. The highest BCUT2D eigenvalue weighted by Gasteiger charge is 2.41. The van der Waals surface area contributed by atoms with E-state index in [2.05, 4.69) is 28.4 Å². The van der Waals surface area contributed by atoms with Gasteiger partial charge in [-0.25, -0.2) is 9.97 Å². The number of alkyl halides is 1.